The summed E-state index contributed by atoms with van der Waals surface area (Å²) in [5.41, 5.74) is 2.41. The highest BCUT2D eigenvalue weighted by Gasteiger charge is 2.20. The first-order chi connectivity index (χ1) is 10.1. The molecule has 21 heavy (non-hydrogen) atoms. The van der Waals surface area contributed by atoms with Crippen molar-refractivity contribution in [1.29, 1.82) is 0 Å². The fraction of sp³-hybridized carbons (Fsp3) is 0.333. The van der Waals surface area contributed by atoms with Crippen molar-refractivity contribution in [3.05, 3.63) is 42.1 Å². The van der Waals surface area contributed by atoms with Crippen LogP contribution in [0.15, 0.2) is 28.1 Å². The van der Waals surface area contributed by atoms with Crippen LogP contribution in [0.5, 0.6) is 11.5 Å². The van der Waals surface area contributed by atoms with E-state index in [1.165, 1.54) is 8.45 Å². The fourth-order valence-electron chi connectivity index (χ4n) is 2.18. The Morgan fingerprint density at radius 2 is 1.90 bits per heavy atom. The summed E-state index contributed by atoms with van der Waals surface area (Å²) in [4.78, 5) is 0. The number of rotatable bonds is 6. The van der Waals surface area contributed by atoms with Crippen LogP contribution in [0.2, 0.25) is 0 Å². The number of hydrogen-bond donors (Lipinski definition) is 1. The lowest BCUT2D eigenvalue weighted by molar-refractivity contribution is 0.354. The van der Waals surface area contributed by atoms with Gasteiger partial charge in [-0.15, -0.1) is 11.3 Å². The average molecular weight is 482 g/mol. The fourth-order valence-corrected chi connectivity index (χ4v) is 4.13. The summed E-state index contributed by atoms with van der Waals surface area (Å²) in [6, 6.07) is 6.32. The van der Waals surface area contributed by atoms with E-state index in [4.69, 9.17) is 9.47 Å². The van der Waals surface area contributed by atoms with Gasteiger partial charge in [0.25, 0.3) is 0 Å². The van der Waals surface area contributed by atoms with Crippen LogP contribution in [0.4, 0.5) is 0 Å². The van der Waals surface area contributed by atoms with Crippen molar-refractivity contribution in [2.75, 3.05) is 20.8 Å². The molecule has 1 atom stereocenters. The predicted molar refractivity (Wildman–Crippen MR) is 99.8 cm³/mol. The molecule has 6 heteroatoms. The Morgan fingerprint density at radius 3 is 2.43 bits per heavy atom. The van der Waals surface area contributed by atoms with Crippen molar-refractivity contribution in [3.8, 4) is 11.5 Å². The second-order valence-corrected chi connectivity index (χ2v) is 8.06. The zero-order valence-corrected chi connectivity index (χ0v) is 16.6. The number of thiophene rings is 1. The number of halogens is 2. The van der Waals surface area contributed by atoms with Gasteiger partial charge in [0.2, 0.25) is 0 Å². The molecule has 0 bridgehead atoms. The van der Waals surface area contributed by atoms with Crippen LogP contribution in [0.1, 0.15) is 24.1 Å². The van der Waals surface area contributed by atoms with E-state index >= 15 is 0 Å². The molecule has 0 aliphatic rings. The maximum Gasteiger partial charge on any atom is 0.161 e. The van der Waals surface area contributed by atoms with E-state index in [1.54, 1.807) is 25.6 Å². The van der Waals surface area contributed by atoms with Gasteiger partial charge in [0.05, 0.1) is 23.1 Å². The van der Waals surface area contributed by atoms with Crippen LogP contribution < -0.4 is 14.8 Å². The Kier molecular flexibility index (Phi) is 6.34. The van der Waals surface area contributed by atoms with Crippen molar-refractivity contribution in [3.63, 3.8) is 0 Å². The highest BCUT2D eigenvalue weighted by molar-refractivity contribution is 14.1. The molecule has 0 saturated carbocycles. The van der Waals surface area contributed by atoms with Gasteiger partial charge in [-0.25, -0.2) is 0 Å². The Bertz CT molecular complexity index is 618. The Balaban J connectivity index is 2.49. The first-order valence-electron chi connectivity index (χ1n) is 6.49. The molecule has 3 nitrogen and oxygen atoms in total. The first kappa shape index (κ1) is 17.1. The molecule has 1 unspecified atom stereocenters. The van der Waals surface area contributed by atoms with Crippen molar-refractivity contribution in [2.45, 2.75) is 13.0 Å². The smallest absolute Gasteiger partial charge is 0.161 e. The third-order valence-electron chi connectivity index (χ3n) is 3.14. The van der Waals surface area contributed by atoms with E-state index in [-0.39, 0.29) is 6.04 Å². The number of methoxy groups -OCH3 is 2. The summed E-state index contributed by atoms with van der Waals surface area (Å²) < 4.78 is 13.1. The van der Waals surface area contributed by atoms with Crippen LogP contribution >= 0.6 is 49.9 Å². The molecule has 1 heterocycles. The largest absolute Gasteiger partial charge is 0.493 e. The van der Waals surface area contributed by atoms with Gasteiger partial charge in [0.1, 0.15) is 0 Å². The molecule has 2 aromatic rings. The number of benzene rings is 1. The molecule has 2 rings (SSSR count). The van der Waals surface area contributed by atoms with E-state index < -0.39 is 0 Å². The molecule has 0 aliphatic heterocycles. The van der Waals surface area contributed by atoms with E-state index in [2.05, 4.69) is 62.2 Å². The lowest BCUT2D eigenvalue weighted by Gasteiger charge is -2.21. The van der Waals surface area contributed by atoms with Crippen LogP contribution in [-0.2, 0) is 0 Å². The summed E-state index contributed by atoms with van der Waals surface area (Å²) in [6.07, 6.45) is 0. The monoisotopic (exact) mass is 481 g/mol. The maximum absolute atomic E-state index is 5.43. The molecule has 0 fully saturated rings. The van der Waals surface area contributed by atoms with Crippen LogP contribution in [0.3, 0.4) is 0 Å². The van der Waals surface area contributed by atoms with Crippen LogP contribution in [0, 0.1) is 2.88 Å². The van der Waals surface area contributed by atoms with Crippen molar-refractivity contribution in [1.82, 2.24) is 5.32 Å². The second kappa shape index (κ2) is 7.80. The summed E-state index contributed by atoms with van der Waals surface area (Å²) in [5.74, 6) is 1.46. The van der Waals surface area contributed by atoms with Gasteiger partial charge >= 0.3 is 0 Å². The summed E-state index contributed by atoms with van der Waals surface area (Å²) in [5, 5.41) is 5.73. The van der Waals surface area contributed by atoms with Crippen molar-refractivity contribution in [2.24, 2.45) is 0 Å². The van der Waals surface area contributed by atoms with Gasteiger partial charge in [0, 0.05) is 4.47 Å². The summed E-state index contributed by atoms with van der Waals surface area (Å²) in [6.45, 7) is 3.00. The topological polar surface area (TPSA) is 30.5 Å². The quantitative estimate of drug-likeness (QED) is 0.599. The molecule has 0 radical (unpaired) electrons. The average Bonchev–Trinajstić information content (AvgIpc) is 2.91. The zero-order chi connectivity index (χ0) is 15.4. The highest BCUT2D eigenvalue weighted by Crippen LogP contribution is 2.38. The van der Waals surface area contributed by atoms with Gasteiger partial charge in [-0.3, -0.25) is 0 Å². The Hall–Kier alpha value is -0.310. The van der Waals surface area contributed by atoms with Crippen LogP contribution in [-0.4, -0.2) is 20.8 Å². The van der Waals surface area contributed by atoms with Gasteiger partial charge < -0.3 is 14.8 Å². The highest BCUT2D eigenvalue weighted by atomic mass is 127. The number of nitrogens with one attached hydrogen (secondary N) is 1. The van der Waals surface area contributed by atoms with E-state index in [0.717, 1.165) is 28.1 Å². The molecular weight excluding hydrogens is 465 g/mol. The lowest BCUT2D eigenvalue weighted by atomic mass is 10.0. The molecule has 0 aliphatic carbocycles. The molecule has 1 N–H and O–H groups in total. The minimum atomic E-state index is 0.129. The number of ether oxygens (including phenoxy) is 2. The predicted octanol–water partition coefficient (Wildman–Crippen LogP) is 4.83. The number of hydrogen-bond acceptors (Lipinski definition) is 4. The molecular formula is C15H17BrINO2S. The maximum atomic E-state index is 5.43. The van der Waals surface area contributed by atoms with E-state index in [1.807, 2.05) is 12.1 Å². The summed E-state index contributed by atoms with van der Waals surface area (Å²) in [7, 11) is 3.30. The minimum Gasteiger partial charge on any atom is -0.493 e. The minimum absolute atomic E-state index is 0.129. The SMILES string of the molecule is CCNC(c1csc(I)c1)c1cc(OC)c(OC)cc1Br. The van der Waals surface area contributed by atoms with Gasteiger partial charge in [-0.1, -0.05) is 22.9 Å². The van der Waals surface area contributed by atoms with Gasteiger partial charge in [0.15, 0.2) is 11.5 Å². The van der Waals surface area contributed by atoms with Crippen molar-refractivity contribution >= 4 is 49.9 Å². The third kappa shape index (κ3) is 3.91. The molecule has 0 amide bonds. The molecule has 1 aromatic heterocycles. The summed E-state index contributed by atoms with van der Waals surface area (Å²) >= 11 is 7.75. The van der Waals surface area contributed by atoms with E-state index in [9.17, 15) is 0 Å². The molecule has 114 valence electrons. The Morgan fingerprint density at radius 1 is 1.24 bits per heavy atom. The molecule has 0 spiro atoms. The first-order valence-corrected chi connectivity index (χ1v) is 9.24. The van der Waals surface area contributed by atoms with Crippen LogP contribution in [0.25, 0.3) is 0 Å². The molecule has 0 saturated heterocycles. The normalized spacial score (nSPS) is 12.2. The van der Waals surface area contributed by atoms with Gasteiger partial charge in [-0.05, 0) is 63.8 Å². The zero-order valence-electron chi connectivity index (χ0n) is 12.1. The second-order valence-electron chi connectivity index (χ2n) is 4.40. The van der Waals surface area contributed by atoms with Gasteiger partial charge in [-0.2, -0.15) is 0 Å². The lowest BCUT2D eigenvalue weighted by Crippen LogP contribution is -2.22. The standard InChI is InChI=1S/C15H17BrINO2S/c1-4-18-15(9-5-14(17)21-8-9)10-6-12(19-2)13(20-3)7-11(10)16/h5-8,15,18H,4H2,1-3H3. The Labute approximate surface area is 151 Å². The molecule has 1 aromatic carbocycles. The van der Waals surface area contributed by atoms with E-state index in [0.29, 0.717) is 0 Å². The third-order valence-corrected chi connectivity index (χ3v) is 5.64. The van der Waals surface area contributed by atoms with Crippen molar-refractivity contribution < 1.29 is 9.47 Å².